The molecule has 1 aliphatic carbocycles. The van der Waals surface area contributed by atoms with Crippen LogP contribution in [0, 0.1) is 0 Å². The van der Waals surface area contributed by atoms with E-state index < -0.39 is 17.2 Å². The molecule has 2 atom stereocenters. The highest BCUT2D eigenvalue weighted by Gasteiger charge is 2.71. The highest BCUT2D eigenvalue weighted by Crippen LogP contribution is 2.59. The molecular formula is C22H29ClN2O4. The molecule has 2 aromatic carbocycles. The number of ketones is 1. The molecule has 0 saturated carbocycles. The van der Waals surface area contributed by atoms with Gasteiger partial charge in [-0.3, -0.25) is 4.79 Å². The summed E-state index contributed by atoms with van der Waals surface area (Å²) in [5, 5.41) is 25.3. The Morgan fingerprint density at radius 1 is 1.07 bits per heavy atom. The molecule has 7 heteroatoms. The summed E-state index contributed by atoms with van der Waals surface area (Å²) >= 11 is 0. The van der Waals surface area contributed by atoms with Gasteiger partial charge in [-0.25, -0.2) is 0 Å². The van der Waals surface area contributed by atoms with Crippen molar-refractivity contribution in [3.05, 3.63) is 58.7 Å². The molecule has 3 N–H and O–H groups in total. The third-order valence-electron chi connectivity index (χ3n) is 5.26. The van der Waals surface area contributed by atoms with Gasteiger partial charge in [-0.1, -0.05) is 38.1 Å². The summed E-state index contributed by atoms with van der Waals surface area (Å²) in [5.74, 6) is -2.03. The lowest BCUT2D eigenvalue weighted by atomic mass is 9.86. The van der Waals surface area contributed by atoms with E-state index in [0.29, 0.717) is 28.1 Å². The van der Waals surface area contributed by atoms with E-state index >= 15 is 0 Å². The van der Waals surface area contributed by atoms with Crippen LogP contribution < -0.4 is 15.0 Å². The Balaban J connectivity index is 0.000000708. The first-order valence-corrected chi connectivity index (χ1v) is 9.35. The van der Waals surface area contributed by atoms with Crippen molar-refractivity contribution in [3.63, 3.8) is 0 Å². The Morgan fingerprint density at radius 2 is 1.69 bits per heavy atom. The lowest BCUT2D eigenvalue weighted by Crippen LogP contribution is -2.48. The average molecular weight is 421 g/mol. The van der Waals surface area contributed by atoms with E-state index in [1.165, 1.54) is 0 Å². The van der Waals surface area contributed by atoms with Gasteiger partial charge in [-0.15, -0.1) is 12.4 Å². The lowest BCUT2D eigenvalue weighted by molar-refractivity contribution is -0.224. The second-order valence-corrected chi connectivity index (χ2v) is 7.79. The monoisotopic (exact) mass is 420 g/mol. The maximum Gasteiger partial charge on any atom is 0.276 e. The van der Waals surface area contributed by atoms with Crippen molar-refractivity contribution in [1.82, 2.24) is 5.32 Å². The molecule has 0 radical (unpaired) electrons. The number of benzene rings is 2. The van der Waals surface area contributed by atoms with Crippen molar-refractivity contribution in [1.29, 1.82) is 0 Å². The quantitative estimate of drug-likeness (QED) is 0.693. The number of nitrogens with one attached hydrogen (secondary N) is 1. The van der Waals surface area contributed by atoms with Crippen LogP contribution >= 0.6 is 12.4 Å². The summed E-state index contributed by atoms with van der Waals surface area (Å²) < 4.78 is 5.81. The first-order valence-electron chi connectivity index (χ1n) is 9.35. The molecule has 4 rings (SSSR count). The smallest absolute Gasteiger partial charge is 0.276 e. The van der Waals surface area contributed by atoms with Crippen molar-refractivity contribution in [2.45, 2.75) is 31.2 Å². The number of hydrogen-bond donors (Lipinski definition) is 3. The van der Waals surface area contributed by atoms with Crippen molar-refractivity contribution >= 4 is 23.9 Å². The van der Waals surface area contributed by atoms with Crippen LogP contribution in [0.15, 0.2) is 36.4 Å². The molecule has 0 amide bonds. The lowest BCUT2D eigenvalue weighted by Gasteiger charge is -2.28. The van der Waals surface area contributed by atoms with E-state index in [0.717, 1.165) is 5.56 Å². The zero-order valence-electron chi connectivity index (χ0n) is 17.6. The fourth-order valence-corrected chi connectivity index (χ4v) is 3.84. The van der Waals surface area contributed by atoms with E-state index in [1.807, 2.05) is 48.1 Å². The number of hydrogen-bond acceptors (Lipinski definition) is 6. The van der Waals surface area contributed by atoms with E-state index in [-0.39, 0.29) is 18.3 Å². The Hall–Kier alpha value is -2.12. The summed E-state index contributed by atoms with van der Waals surface area (Å²) in [5.41, 5.74) is 0.435. The van der Waals surface area contributed by atoms with E-state index in [4.69, 9.17) is 4.74 Å². The minimum atomic E-state index is -2.13. The summed E-state index contributed by atoms with van der Waals surface area (Å²) in [6, 6.07) is 10.5. The van der Waals surface area contributed by atoms with Gasteiger partial charge < -0.3 is 25.2 Å². The minimum absolute atomic E-state index is 0. The number of fused-ring (bicyclic) bond motifs is 5. The van der Waals surface area contributed by atoms with Crippen molar-refractivity contribution in [3.8, 4) is 5.75 Å². The van der Waals surface area contributed by atoms with Gasteiger partial charge >= 0.3 is 0 Å². The van der Waals surface area contributed by atoms with Crippen molar-refractivity contribution < 1.29 is 19.7 Å². The van der Waals surface area contributed by atoms with Gasteiger partial charge in [0.25, 0.3) is 5.79 Å². The number of halogens is 1. The molecule has 2 aliphatic rings. The average Bonchev–Trinajstić information content (AvgIpc) is 2.98. The third kappa shape index (κ3) is 3.11. The van der Waals surface area contributed by atoms with Crippen LogP contribution in [0.4, 0.5) is 5.69 Å². The Labute approximate surface area is 177 Å². The fourth-order valence-electron chi connectivity index (χ4n) is 3.84. The first-order chi connectivity index (χ1) is 13.1. The van der Waals surface area contributed by atoms with Crippen molar-refractivity contribution in [2.24, 2.45) is 0 Å². The number of rotatable bonds is 2. The minimum Gasteiger partial charge on any atom is -0.454 e. The van der Waals surface area contributed by atoms with E-state index in [1.54, 1.807) is 35.2 Å². The number of anilines is 1. The van der Waals surface area contributed by atoms with Gasteiger partial charge in [0, 0.05) is 30.9 Å². The predicted octanol–water partition coefficient (Wildman–Crippen LogP) is 2.76. The molecule has 6 nitrogen and oxygen atoms in total. The number of Topliss-reactive ketones (excluding diaryl/α,β-unsaturated/α-hetero) is 1. The van der Waals surface area contributed by atoms with E-state index in [9.17, 15) is 15.0 Å². The fraction of sp³-hybridized carbons (Fsp3) is 0.409. The first kappa shape index (κ1) is 23.2. The maximum atomic E-state index is 13.2. The van der Waals surface area contributed by atoms with Crippen LogP contribution in [-0.4, -0.2) is 44.2 Å². The normalized spacial score (nSPS) is 23.3. The van der Waals surface area contributed by atoms with Gasteiger partial charge in [-0.2, -0.15) is 0 Å². The zero-order valence-corrected chi connectivity index (χ0v) is 18.4. The topological polar surface area (TPSA) is 82.0 Å². The maximum absolute atomic E-state index is 13.2. The molecule has 0 bridgehead atoms. The molecule has 0 spiro atoms. The van der Waals surface area contributed by atoms with E-state index in [2.05, 4.69) is 5.32 Å². The molecule has 0 saturated heterocycles. The van der Waals surface area contributed by atoms with Gasteiger partial charge in [0.1, 0.15) is 5.75 Å². The molecule has 29 heavy (non-hydrogen) atoms. The highest BCUT2D eigenvalue weighted by molar-refractivity contribution is 6.13. The second-order valence-electron chi connectivity index (χ2n) is 7.79. The number of ether oxygens (including phenoxy) is 1. The Bertz CT molecular complexity index is 931. The van der Waals surface area contributed by atoms with Gasteiger partial charge in [0.2, 0.25) is 11.4 Å². The highest BCUT2D eigenvalue weighted by atomic mass is 35.5. The summed E-state index contributed by atoms with van der Waals surface area (Å²) in [7, 11) is 7.38. The van der Waals surface area contributed by atoms with Gasteiger partial charge in [-0.05, 0) is 37.7 Å². The predicted molar refractivity (Wildman–Crippen MR) is 116 cm³/mol. The standard InChI is InChI=1S/C20H21NO4.C2H7N.ClH/c1-11(2)12-8-9-13-16(10-12)25-20(24)14-6-5-7-15(21(3)4)17(14)18(22)19(13,20)23;1-3-2;/h5-11,23-24H,1-4H3;3H,1-2H3;1H. The molecule has 0 fully saturated rings. The SMILES string of the molecule is CC(C)c1ccc2c(c1)OC1(O)c3cccc(N(C)C)c3C(=O)C21O.CNC.Cl. The second kappa shape index (κ2) is 7.95. The van der Waals surface area contributed by atoms with Gasteiger partial charge in [0.15, 0.2) is 0 Å². The molecular weight excluding hydrogens is 392 g/mol. The summed E-state index contributed by atoms with van der Waals surface area (Å²) in [4.78, 5) is 15.0. The largest absolute Gasteiger partial charge is 0.454 e. The number of nitrogens with zero attached hydrogens (tertiary/aromatic N) is 1. The molecule has 2 unspecified atom stereocenters. The van der Waals surface area contributed by atoms with Gasteiger partial charge in [0.05, 0.1) is 5.56 Å². The molecule has 2 aromatic rings. The zero-order chi connectivity index (χ0) is 20.9. The molecule has 1 aliphatic heterocycles. The third-order valence-corrected chi connectivity index (χ3v) is 5.26. The number of carbonyl (C=O) groups is 1. The number of carbonyl (C=O) groups excluding carboxylic acids is 1. The van der Waals surface area contributed by atoms with Crippen LogP contribution in [0.2, 0.25) is 0 Å². The summed E-state index contributed by atoms with van der Waals surface area (Å²) in [6.07, 6.45) is 0. The van der Waals surface area contributed by atoms with Crippen LogP contribution in [0.5, 0.6) is 5.75 Å². The van der Waals surface area contributed by atoms with Crippen LogP contribution in [0.3, 0.4) is 0 Å². The molecule has 158 valence electrons. The Morgan fingerprint density at radius 3 is 2.24 bits per heavy atom. The molecule has 0 aromatic heterocycles. The summed E-state index contributed by atoms with van der Waals surface area (Å²) in [6.45, 7) is 4.09. The molecule has 1 heterocycles. The van der Waals surface area contributed by atoms with Crippen LogP contribution in [0.25, 0.3) is 0 Å². The van der Waals surface area contributed by atoms with Crippen LogP contribution in [-0.2, 0) is 11.4 Å². The van der Waals surface area contributed by atoms with Crippen molar-refractivity contribution in [2.75, 3.05) is 33.1 Å². The van der Waals surface area contributed by atoms with Crippen LogP contribution in [0.1, 0.15) is 46.8 Å². The number of aliphatic hydroxyl groups is 2. The Kier molecular flexibility index (Phi) is 6.35.